The van der Waals surface area contributed by atoms with Gasteiger partial charge in [-0.1, -0.05) is 0 Å². The Kier molecular flexibility index (Phi) is 8.33. The number of benzene rings is 3. The number of hydrogen-bond acceptors (Lipinski definition) is 9. The van der Waals surface area contributed by atoms with E-state index < -0.39 is 6.04 Å². The second-order valence-corrected chi connectivity index (χ2v) is 8.51. The molecule has 3 aromatic rings. The highest BCUT2D eigenvalue weighted by molar-refractivity contribution is 6.05. The van der Waals surface area contributed by atoms with Crippen LogP contribution in [0, 0.1) is 0 Å². The van der Waals surface area contributed by atoms with Crippen LogP contribution >= 0.6 is 0 Å². The number of amides is 1. The van der Waals surface area contributed by atoms with Crippen molar-refractivity contribution >= 4 is 11.6 Å². The summed E-state index contributed by atoms with van der Waals surface area (Å²) in [7, 11) is 10.8. The predicted octanol–water partition coefficient (Wildman–Crippen LogP) is 4.74. The van der Waals surface area contributed by atoms with E-state index in [4.69, 9.17) is 38.3 Å². The second kappa shape index (κ2) is 11.8. The van der Waals surface area contributed by atoms with E-state index in [1.165, 1.54) is 26.3 Å². The summed E-state index contributed by atoms with van der Waals surface area (Å²) >= 11 is 0. The van der Waals surface area contributed by atoms with Crippen molar-refractivity contribution in [2.45, 2.75) is 12.5 Å². The van der Waals surface area contributed by atoms with Crippen LogP contribution in [0.1, 0.15) is 33.9 Å². The molecule has 1 aliphatic heterocycles. The maximum absolute atomic E-state index is 14.0. The fraction of sp³-hybridized carbons (Fsp3) is 0.310. The Morgan fingerprint density at radius 3 is 1.90 bits per heavy atom. The Hall–Kier alpha value is -4.60. The van der Waals surface area contributed by atoms with Crippen LogP contribution in [0.3, 0.4) is 0 Å². The van der Waals surface area contributed by atoms with Crippen LogP contribution in [0.25, 0.3) is 0 Å². The first-order valence-electron chi connectivity index (χ1n) is 12.1. The van der Waals surface area contributed by atoms with Crippen molar-refractivity contribution in [3.63, 3.8) is 0 Å². The molecule has 1 atom stereocenters. The summed E-state index contributed by atoms with van der Waals surface area (Å²) < 4.78 is 38.3. The summed E-state index contributed by atoms with van der Waals surface area (Å²) in [5.74, 6) is 3.13. The van der Waals surface area contributed by atoms with Gasteiger partial charge >= 0.3 is 0 Å². The van der Waals surface area contributed by atoms with Crippen molar-refractivity contribution in [1.29, 1.82) is 0 Å². The normalized spacial score (nSPS) is 14.4. The molecule has 0 aromatic heterocycles. The van der Waals surface area contributed by atoms with Gasteiger partial charge in [0, 0.05) is 29.2 Å². The molecule has 0 fully saturated rings. The number of methoxy groups -OCH3 is 7. The molecule has 206 valence electrons. The third-order valence-electron chi connectivity index (χ3n) is 6.55. The van der Waals surface area contributed by atoms with Gasteiger partial charge in [-0.3, -0.25) is 4.79 Å². The summed E-state index contributed by atoms with van der Waals surface area (Å²) in [5, 5.41) is 6.25. The largest absolute Gasteiger partial charge is 0.497 e. The lowest BCUT2D eigenvalue weighted by atomic mass is 9.97. The minimum Gasteiger partial charge on any atom is -0.497 e. The van der Waals surface area contributed by atoms with Gasteiger partial charge in [-0.2, -0.15) is 5.10 Å². The van der Waals surface area contributed by atoms with Gasteiger partial charge < -0.3 is 33.2 Å². The highest BCUT2D eigenvalue weighted by Crippen LogP contribution is 2.43. The maximum atomic E-state index is 14.0. The average Bonchev–Trinajstić information content (AvgIpc) is 3.44. The van der Waals surface area contributed by atoms with E-state index in [1.54, 1.807) is 46.6 Å². The van der Waals surface area contributed by atoms with Gasteiger partial charge in [0.05, 0.1) is 61.5 Å². The number of ether oxygens (including phenoxy) is 7. The molecule has 10 heteroatoms. The Morgan fingerprint density at radius 2 is 1.33 bits per heavy atom. The topological polar surface area (TPSA) is 97.3 Å². The number of hydrazone groups is 1. The minimum atomic E-state index is -0.472. The van der Waals surface area contributed by atoms with E-state index in [2.05, 4.69) is 0 Å². The number of nitrogens with zero attached hydrogens (tertiary/aromatic N) is 2. The molecule has 10 nitrogen and oxygen atoms in total. The highest BCUT2D eigenvalue weighted by atomic mass is 16.5. The molecule has 0 N–H and O–H groups in total. The summed E-state index contributed by atoms with van der Waals surface area (Å²) in [6, 6.07) is 13.8. The zero-order valence-corrected chi connectivity index (χ0v) is 23.1. The minimum absolute atomic E-state index is 0.319. The van der Waals surface area contributed by atoms with Crippen LogP contribution in [0.2, 0.25) is 0 Å². The third kappa shape index (κ3) is 5.22. The molecular formula is C29H32N2O8. The zero-order valence-electron chi connectivity index (χ0n) is 23.1. The molecule has 0 saturated heterocycles. The van der Waals surface area contributed by atoms with Crippen molar-refractivity contribution in [3.05, 3.63) is 65.2 Å². The summed E-state index contributed by atoms with van der Waals surface area (Å²) in [4.78, 5) is 14.0. The average molecular weight is 537 g/mol. The monoisotopic (exact) mass is 536 g/mol. The molecule has 0 aliphatic carbocycles. The Morgan fingerprint density at radius 1 is 0.692 bits per heavy atom. The van der Waals surface area contributed by atoms with E-state index >= 15 is 0 Å². The molecule has 1 amide bonds. The van der Waals surface area contributed by atoms with Crippen LogP contribution < -0.4 is 33.2 Å². The fourth-order valence-electron chi connectivity index (χ4n) is 4.56. The zero-order chi connectivity index (χ0) is 28.1. The highest BCUT2D eigenvalue weighted by Gasteiger charge is 2.36. The van der Waals surface area contributed by atoms with Crippen molar-refractivity contribution in [3.8, 4) is 40.2 Å². The van der Waals surface area contributed by atoms with E-state index in [0.717, 1.165) is 11.1 Å². The SMILES string of the molecule is COc1ccc(C2CC(c3ccc(OC)c(OC)c3)=NN2C(=O)c2cc(OC)c(OC)c(OC)c2)c(OC)c1. The van der Waals surface area contributed by atoms with Gasteiger partial charge in [0.2, 0.25) is 5.75 Å². The van der Waals surface area contributed by atoms with Crippen LogP contribution in [0.4, 0.5) is 0 Å². The maximum Gasteiger partial charge on any atom is 0.274 e. The van der Waals surface area contributed by atoms with Crippen LogP contribution in [-0.2, 0) is 0 Å². The molecule has 0 bridgehead atoms. The van der Waals surface area contributed by atoms with Gasteiger partial charge in [0.25, 0.3) is 5.91 Å². The van der Waals surface area contributed by atoms with Crippen LogP contribution in [-0.4, -0.2) is 66.4 Å². The van der Waals surface area contributed by atoms with Gasteiger partial charge in [0.1, 0.15) is 11.5 Å². The van der Waals surface area contributed by atoms with Gasteiger partial charge in [-0.15, -0.1) is 0 Å². The Bertz CT molecular complexity index is 1360. The lowest BCUT2D eigenvalue weighted by Gasteiger charge is -2.24. The van der Waals surface area contributed by atoms with Gasteiger partial charge in [-0.05, 0) is 42.5 Å². The Labute approximate surface area is 227 Å². The number of carbonyl (C=O) groups excluding carboxylic acids is 1. The molecule has 1 heterocycles. The van der Waals surface area contributed by atoms with Crippen molar-refractivity contribution in [2.24, 2.45) is 5.10 Å². The van der Waals surface area contributed by atoms with Gasteiger partial charge in [-0.25, -0.2) is 5.01 Å². The first kappa shape index (κ1) is 27.4. The lowest BCUT2D eigenvalue weighted by Crippen LogP contribution is -2.27. The van der Waals surface area contributed by atoms with Crippen LogP contribution in [0.5, 0.6) is 40.2 Å². The summed E-state index contributed by atoms with van der Waals surface area (Å²) in [6.45, 7) is 0. The van der Waals surface area contributed by atoms with E-state index in [9.17, 15) is 4.79 Å². The molecule has 1 unspecified atom stereocenters. The number of rotatable bonds is 10. The first-order chi connectivity index (χ1) is 18.9. The first-order valence-corrected chi connectivity index (χ1v) is 12.1. The van der Waals surface area contributed by atoms with E-state index in [0.29, 0.717) is 57.9 Å². The van der Waals surface area contributed by atoms with Crippen molar-refractivity contribution < 1.29 is 38.0 Å². The standard InChI is InChI=1S/C29H32N2O8/c1-33-19-9-10-20(24(15-19)35-3)22-16-21(17-8-11-23(34-2)25(12-17)36-4)30-31(22)29(32)18-13-26(37-5)28(39-7)27(14-18)38-6/h8-15,22H,16H2,1-7H3. The molecular weight excluding hydrogens is 504 g/mol. The quantitative estimate of drug-likeness (QED) is 0.367. The predicted molar refractivity (Wildman–Crippen MR) is 145 cm³/mol. The molecule has 0 saturated carbocycles. The fourth-order valence-corrected chi connectivity index (χ4v) is 4.56. The van der Waals surface area contributed by atoms with Crippen LogP contribution in [0.15, 0.2) is 53.6 Å². The molecule has 39 heavy (non-hydrogen) atoms. The van der Waals surface area contributed by atoms with E-state index in [-0.39, 0.29) is 5.91 Å². The Balaban J connectivity index is 1.84. The molecule has 4 rings (SSSR count). The van der Waals surface area contributed by atoms with E-state index in [1.807, 2.05) is 30.3 Å². The smallest absolute Gasteiger partial charge is 0.274 e. The summed E-state index contributed by atoms with van der Waals surface area (Å²) in [6.07, 6.45) is 0.425. The molecule has 3 aromatic carbocycles. The molecule has 1 aliphatic rings. The summed E-state index contributed by atoms with van der Waals surface area (Å²) in [5.41, 5.74) is 2.59. The second-order valence-electron chi connectivity index (χ2n) is 8.51. The third-order valence-corrected chi connectivity index (χ3v) is 6.55. The molecule has 0 spiro atoms. The van der Waals surface area contributed by atoms with Crippen molar-refractivity contribution in [2.75, 3.05) is 49.8 Å². The lowest BCUT2D eigenvalue weighted by molar-refractivity contribution is 0.0708. The van der Waals surface area contributed by atoms with Gasteiger partial charge in [0.15, 0.2) is 23.0 Å². The number of hydrogen-bond donors (Lipinski definition) is 0. The van der Waals surface area contributed by atoms with Crippen molar-refractivity contribution in [1.82, 2.24) is 5.01 Å². The number of carbonyl (C=O) groups is 1. The molecule has 0 radical (unpaired) electrons.